The normalized spacial score (nSPS) is 12.4. The topological polar surface area (TPSA) is 47.3 Å². The number of hydrazine groups is 1. The SMILES string of the molecule is CCCCCCC(NN)c1ccc(C)c(OC)c1. The maximum atomic E-state index is 5.66. The molecule has 3 N–H and O–H groups in total. The lowest BCUT2D eigenvalue weighted by atomic mass is 9.99. The Bertz CT molecular complexity index is 352. The molecule has 1 aromatic rings. The van der Waals surface area contributed by atoms with E-state index in [1.807, 2.05) is 0 Å². The average Bonchev–Trinajstić information content (AvgIpc) is 2.40. The van der Waals surface area contributed by atoms with Crippen LogP contribution in [0.3, 0.4) is 0 Å². The summed E-state index contributed by atoms with van der Waals surface area (Å²) in [4.78, 5) is 0. The van der Waals surface area contributed by atoms with Crippen molar-refractivity contribution in [1.82, 2.24) is 5.43 Å². The fourth-order valence-electron chi connectivity index (χ4n) is 2.17. The molecular weight excluding hydrogens is 224 g/mol. The first-order valence-electron chi connectivity index (χ1n) is 6.83. The summed E-state index contributed by atoms with van der Waals surface area (Å²) in [6.45, 7) is 4.28. The van der Waals surface area contributed by atoms with E-state index in [9.17, 15) is 0 Å². The molecule has 3 nitrogen and oxygen atoms in total. The van der Waals surface area contributed by atoms with Crippen molar-refractivity contribution in [3.63, 3.8) is 0 Å². The van der Waals surface area contributed by atoms with Crippen LogP contribution in [-0.4, -0.2) is 7.11 Å². The minimum absolute atomic E-state index is 0.219. The lowest BCUT2D eigenvalue weighted by molar-refractivity contribution is 0.408. The second kappa shape index (κ2) is 8.11. The number of benzene rings is 1. The van der Waals surface area contributed by atoms with E-state index < -0.39 is 0 Å². The highest BCUT2D eigenvalue weighted by molar-refractivity contribution is 5.37. The summed E-state index contributed by atoms with van der Waals surface area (Å²) in [6.07, 6.45) is 6.12. The van der Waals surface area contributed by atoms with Gasteiger partial charge in [-0.05, 0) is 30.5 Å². The third kappa shape index (κ3) is 4.31. The van der Waals surface area contributed by atoms with E-state index in [0.717, 1.165) is 17.7 Å². The van der Waals surface area contributed by atoms with Gasteiger partial charge in [0.25, 0.3) is 0 Å². The molecule has 0 spiro atoms. The predicted molar refractivity (Wildman–Crippen MR) is 76.6 cm³/mol. The lowest BCUT2D eigenvalue weighted by Gasteiger charge is -2.17. The van der Waals surface area contributed by atoms with Gasteiger partial charge in [0.05, 0.1) is 7.11 Å². The molecule has 0 saturated carbocycles. The van der Waals surface area contributed by atoms with Gasteiger partial charge in [-0.1, -0.05) is 44.7 Å². The van der Waals surface area contributed by atoms with E-state index in [1.54, 1.807) is 7.11 Å². The molecular formula is C15H26N2O. The Labute approximate surface area is 111 Å². The van der Waals surface area contributed by atoms with Crippen LogP contribution in [0.5, 0.6) is 5.75 Å². The molecule has 1 rings (SSSR count). The van der Waals surface area contributed by atoms with Crippen LogP contribution >= 0.6 is 0 Å². The molecule has 1 unspecified atom stereocenters. The fourth-order valence-corrected chi connectivity index (χ4v) is 2.17. The highest BCUT2D eigenvalue weighted by Gasteiger charge is 2.11. The van der Waals surface area contributed by atoms with Gasteiger partial charge in [-0.25, -0.2) is 0 Å². The first-order chi connectivity index (χ1) is 8.72. The Balaban J connectivity index is 2.63. The molecule has 0 bridgehead atoms. The molecule has 3 heteroatoms. The largest absolute Gasteiger partial charge is 0.496 e. The van der Waals surface area contributed by atoms with Gasteiger partial charge in [-0.2, -0.15) is 0 Å². The highest BCUT2D eigenvalue weighted by Crippen LogP contribution is 2.25. The van der Waals surface area contributed by atoms with E-state index in [2.05, 4.69) is 37.5 Å². The van der Waals surface area contributed by atoms with E-state index in [1.165, 1.54) is 31.2 Å². The first kappa shape index (κ1) is 15.0. The van der Waals surface area contributed by atoms with Crippen molar-refractivity contribution in [3.8, 4) is 5.75 Å². The molecule has 1 aromatic carbocycles. The Morgan fingerprint density at radius 2 is 2.06 bits per heavy atom. The van der Waals surface area contributed by atoms with E-state index in [0.29, 0.717) is 0 Å². The fraction of sp³-hybridized carbons (Fsp3) is 0.600. The number of nitrogens with one attached hydrogen (secondary N) is 1. The number of methoxy groups -OCH3 is 1. The maximum absolute atomic E-state index is 5.66. The number of rotatable bonds is 8. The summed E-state index contributed by atoms with van der Waals surface area (Å²) < 4.78 is 5.35. The Kier molecular flexibility index (Phi) is 6.76. The number of hydrogen-bond acceptors (Lipinski definition) is 3. The van der Waals surface area contributed by atoms with Crippen LogP contribution in [0.15, 0.2) is 18.2 Å². The van der Waals surface area contributed by atoms with Crippen molar-refractivity contribution >= 4 is 0 Å². The second-order valence-corrected chi connectivity index (χ2v) is 4.80. The molecule has 0 aliphatic carbocycles. The van der Waals surface area contributed by atoms with Crippen LogP contribution in [0, 0.1) is 6.92 Å². The molecule has 0 aliphatic rings. The quantitative estimate of drug-likeness (QED) is 0.422. The van der Waals surface area contributed by atoms with E-state index in [-0.39, 0.29) is 6.04 Å². The molecule has 0 aromatic heterocycles. The van der Waals surface area contributed by atoms with Crippen molar-refractivity contribution < 1.29 is 4.74 Å². The van der Waals surface area contributed by atoms with Crippen LogP contribution in [0.1, 0.15) is 56.2 Å². The molecule has 0 saturated heterocycles. The zero-order valence-electron chi connectivity index (χ0n) is 11.8. The van der Waals surface area contributed by atoms with Gasteiger partial charge in [0.1, 0.15) is 5.75 Å². The van der Waals surface area contributed by atoms with Crippen LogP contribution < -0.4 is 16.0 Å². The summed E-state index contributed by atoms with van der Waals surface area (Å²) in [7, 11) is 1.71. The van der Waals surface area contributed by atoms with Gasteiger partial charge < -0.3 is 4.74 Å². The van der Waals surface area contributed by atoms with E-state index >= 15 is 0 Å². The zero-order valence-corrected chi connectivity index (χ0v) is 11.8. The first-order valence-corrected chi connectivity index (χ1v) is 6.83. The maximum Gasteiger partial charge on any atom is 0.122 e. The summed E-state index contributed by atoms with van der Waals surface area (Å²) in [5.41, 5.74) is 5.27. The highest BCUT2D eigenvalue weighted by atomic mass is 16.5. The molecule has 0 aliphatic heterocycles. The molecule has 0 radical (unpaired) electrons. The summed E-state index contributed by atoms with van der Waals surface area (Å²) in [5, 5.41) is 0. The molecule has 18 heavy (non-hydrogen) atoms. The minimum atomic E-state index is 0.219. The van der Waals surface area contributed by atoms with Gasteiger partial charge in [0.15, 0.2) is 0 Å². The number of hydrogen-bond donors (Lipinski definition) is 2. The molecule has 0 amide bonds. The lowest BCUT2D eigenvalue weighted by Crippen LogP contribution is -2.28. The van der Waals surface area contributed by atoms with E-state index in [4.69, 9.17) is 10.6 Å². The monoisotopic (exact) mass is 250 g/mol. The second-order valence-electron chi connectivity index (χ2n) is 4.80. The third-order valence-corrected chi connectivity index (χ3v) is 3.38. The Morgan fingerprint density at radius 1 is 1.28 bits per heavy atom. The molecule has 0 heterocycles. The number of nitrogens with two attached hydrogens (primary N) is 1. The average molecular weight is 250 g/mol. The van der Waals surface area contributed by atoms with Gasteiger partial charge in [-0.15, -0.1) is 0 Å². The number of aryl methyl sites for hydroxylation is 1. The molecule has 1 atom stereocenters. The van der Waals surface area contributed by atoms with Gasteiger partial charge in [-0.3, -0.25) is 11.3 Å². The Morgan fingerprint density at radius 3 is 2.67 bits per heavy atom. The number of unbranched alkanes of at least 4 members (excludes halogenated alkanes) is 3. The predicted octanol–water partition coefficient (Wildman–Crippen LogP) is 3.48. The minimum Gasteiger partial charge on any atom is -0.496 e. The summed E-state index contributed by atoms with van der Waals surface area (Å²) in [6, 6.07) is 6.52. The van der Waals surface area contributed by atoms with Crippen molar-refractivity contribution in [2.24, 2.45) is 5.84 Å². The van der Waals surface area contributed by atoms with Gasteiger partial charge >= 0.3 is 0 Å². The van der Waals surface area contributed by atoms with Crippen molar-refractivity contribution in [2.75, 3.05) is 7.11 Å². The summed E-state index contributed by atoms with van der Waals surface area (Å²) >= 11 is 0. The van der Waals surface area contributed by atoms with Crippen LogP contribution in [-0.2, 0) is 0 Å². The standard InChI is InChI=1S/C15H26N2O/c1-4-5-6-7-8-14(17-16)13-10-9-12(2)15(11-13)18-3/h9-11,14,17H,4-8,16H2,1-3H3. The zero-order chi connectivity index (χ0) is 13.4. The van der Waals surface area contributed by atoms with Gasteiger partial charge in [0, 0.05) is 6.04 Å². The summed E-state index contributed by atoms with van der Waals surface area (Å²) in [5.74, 6) is 6.59. The molecule has 0 fully saturated rings. The Hall–Kier alpha value is -1.06. The van der Waals surface area contributed by atoms with Crippen LogP contribution in [0.4, 0.5) is 0 Å². The van der Waals surface area contributed by atoms with Gasteiger partial charge in [0.2, 0.25) is 0 Å². The number of ether oxygens (including phenoxy) is 1. The van der Waals surface area contributed by atoms with Crippen molar-refractivity contribution in [2.45, 2.75) is 52.0 Å². The molecule has 102 valence electrons. The third-order valence-electron chi connectivity index (χ3n) is 3.38. The van der Waals surface area contributed by atoms with Crippen molar-refractivity contribution in [3.05, 3.63) is 29.3 Å². The van der Waals surface area contributed by atoms with Crippen LogP contribution in [0.25, 0.3) is 0 Å². The van der Waals surface area contributed by atoms with Crippen LogP contribution in [0.2, 0.25) is 0 Å². The smallest absolute Gasteiger partial charge is 0.122 e. The van der Waals surface area contributed by atoms with Crippen molar-refractivity contribution in [1.29, 1.82) is 0 Å².